The van der Waals surface area contributed by atoms with Crippen molar-refractivity contribution in [2.45, 2.75) is 29.6 Å². The Bertz CT molecular complexity index is 1050. The Kier molecular flexibility index (Phi) is 5.55. The Morgan fingerprint density at radius 2 is 1.90 bits per heavy atom. The fourth-order valence-corrected chi connectivity index (χ4v) is 4.14. The van der Waals surface area contributed by atoms with E-state index in [9.17, 15) is 18.0 Å². The zero-order chi connectivity index (χ0) is 21.3. The molecule has 5 nitrogen and oxygen atoms in total. The fourth-order valence-electron chi connectivity index (χ4n) is 3.42. The largest absolute Gasteiger partial charge is 0.416 e. The number of carbonyl (C=O) groups is 1. The lowest BCUT2D eigenvalue weighted by atomic mass is 10.1. The number of rotatable bonds is 6. The van der Waals surface area contributed by atoms with Gasteiger partial charge in [-0.3, -0.25) is 4.79 Å². The molecule has 1 N–H and O–H groups in total. The van der Waals surface area contributed by atoms with E-state index in [-0.39, 0.29) is 11.4 Å². The van der Waals surface area contributed by atoms with Gasteiger partial charge in [0, 0.05) is 18.7 Å². The van der Waals surface area contributed by atoms with Gasteiger partial charge in [-0.2, -0.15) is 13.2 Å². The molecular formula is C21H19F3N4OS. The maximum atomic E-state index is 12.8. The topological polar surface area (TPSA) is 59.8 Å². The first-order chi connectivity index (χ1) is 14.3. The van der Waals surface area contributed by atoms with Crippen LogP contribution in [0.4, 0.5) is 18.9 Å². The molecule has 0 aliphatic heterocycles. The number of hydrogen-bond donors (Lipinski definition) is 1. The standard InChI is InChI=1S/C21H19F3N4OS/c1-28-19(17-11-16(17)13-6-3-2-4-7-13)26-27-20(28)30-12-18(29)25-15-9-5-8-14(10-15)21(22,23)24/h2-10,16-17H,11-12H2,1H3,(H,25,29). The summed E-state index contributed by atoms with van der Waals surface area (Å²) in [5.74, 6) is 1.23. The minimum atomic E-state index is -4.45. The van der Waals surface area contributed by atoms with Crippen molar-refractivity contribution in [3.8, 4) is 0 Å². The molecule has 3 aromatic rings. The molecule has 30 heavy (non-hydrogen) atoms. The maximum Gasteiger partial charge on any atom is 0.416 e. The minimum Gasteiger partial charge on any atom is -0.325 e. The predicted molar refractivity (Wildman–Crippen MR) is 108 cm³/mol. The summed E-state index contributed by atoms with van der Waals surface area (Å²) in [6.07, 6.45) is -3.44. The van der Waals surface area contributed by atoms with Crippen LogP contribution in [0, 0.1) is 0 Å². The van der Waals surface area contributed by atoms with Crippen LogP contribution < -0.4 is 5.32 Å². The number of amides is 1. The lowest BCUT2D eigenvalue weighted by Gasteiger charge is -2.09. The lowest BCUT2D eigenvalue weighted by Crippen LogP contribution is -2.15. The molecular weight excluding hydrogens is 413 g/mol. The van der Waals surface area contributed by atoms with E-state index in [1.54, 1.807) is 0 Å². The Morgan fingerprint density at radius 1 is 1.13 bits per heavy atom. The summed E-state index contributed by atoms with van der Waals surface area (Å²) in [5, 5.41) is 11.6. The van der Waals surface area contributed by atoms with Crippen LogP contribution in [-0.2, 0) is 18.0 Å². The normalized spacial score (nSPS) is 18.3. The van der Waals surface area contributed by atoms with Gasteiger partial charge in [-0.1, -0.05) is 48.2 Å². The van der Waals surface area contributed by atoms with Crippen LogP contribution in [0.3, 0.4) is 0 Å². The molecule has 1 fully saturated rings. The Morgan fingerprint density at radius 3 is 2.63 bits per heavy atom. The van der Waals surface area contributed by atoms with E-state index >= 15 is 0 Å². The second kappa shape index (κ2) is 8.14. The lowest BCUT2D eigenvalue weighted by molar-refractivity contribution is -0.137. The second-order valence-electron chi connectivity index (χ2n) is 7.17. The number of nitrogens with zero attached hydrogens (tertiary/aromatic N) is 3. The number of carbonyl (C=O) groups excluding carboxylic acids is 1. The van der Waals surface area contributed by atoms with Crippen molar-refractivity contribution in [3.05, 3.63) is 71.5 Å². The van der Waals surface area contributed by atoms with Gasteiger partial charge in [0.25, 0.3) is 0 Å². The third kappa shape index (κ3) is 4.51. The van der Waals surface area contributed by atoms with E-state index in [1.165, 1.54) is 29.5 Å². The molecule has 9 heteroatoms. The van der Waals surface area contributed by atoms with Crippen LogP contribution in [0.2, 0.25) is 0 Å². The van der Waals surface area contributed by atoms with Crippen molar-refractivity contribution < 1.29 is 18.0 Å². The summed E-state index contributed by atoms with van der Waals surface area (Å²) in [5.41, 5.74) is 0.584. The molecule has 1 aliphatic rings. The van der Waals surface area contributed by atoms with Gasteiger partial charge < -0.3 is 9.88 Å². The quantitative estimate of drug-likeness (QED) is 0.567. The molecule has 2 aromatic carbocycles. The first-order valence-electron chi connectivity index (χ1n) is 9.37. The molecule has 1 aliphatic carbocycles. The van der Waals surface area contributed by atoms with Crippen molar-refractivity contribution in [1.29, 1.82) is 0 Å². The van der Waals surface area contributed by atoms with Gasteiger partial charge in [0.2, 0.25) is 5.91 Å². The first-order valence-corrected chi connectivity index (χ1v) is 10.4. The molecule has 2 unspecified atom stereocenters. The Balaban J connectivity index is 1.34. The predicted octanol–water partition coefficient (Wildman–Crippen LogP) is 4.84. The number of nitrogens with one attached hydrogen (secondary N) is 1. The molecule has 1 amide bonds. The highest BCUT2D eigenvalue weighted by Crippen LogP contribution is 2.54. The molecule has 0 radical (unpaired) electrons. The van der Waals surface area contributed by atoms with E-state index in [4.69, 9.17) is 0 Å². The number of hydrogen-bond acceptors (Lipinski definition) is 4. The second-order valence-corrected chi connectivity index (χ2v) is 8.12. The number of thioether (sulfide) groups is 1. The number of anilines is 1. The number of alkyl halides is 3. The maximum absolute atomic E-state index is 12.8. The highest BCUT2D eigenvalue weighted by molar-refractivity contribution is 7.99. The van der Waals surface area contributed by atoms with Gasteiger partial charge in [0.05, 0.1) is 11.3 Å². The zero-order valence-corrected chi connectivity index (χ0v) is 16.9. The Hall–Kier alpha value is -2.81. The average molecular weight is 432 g/mol. The van der Waals surface area contributed by atoms with Gasteiger partial charge in [-0.15, -0.1) is 10.2 Å². The van der Waals surface area contributed by atoms with Crippen LogP contribution in [-0.4, -0.2) is 26.4 Å². The molecule has 1 heterocycles. The monoisotopic (exact) mass is 432 g/mol. The van der Waals surface area contributed by atoms with E-state index in [2.05, 4.69) is 27.6 Å². The first kappa shape index (κ1) is 20.5. The van der Waals surface area contributed by atoms with Crippen LogP contribution in [0.15, 0.2) is 59.8 Å². The summed E-state index contributed by atoms with van der Waals surface area (Å²) in [6.45, 7) is 0. The van der Waals surface area contributed by atoms with Gasteiger partial charge in [0.1, 0.15) is 5.82 Å². The number of halogens is 3. The van der Waals surface area contributed by atoms with Crippen molar-refractivity contribution >= 4 is 23.4 Å². The molecule has 1 saturated carbocycles. The summed E-state index contributed by atoms with van der Waals surface area (Å²) in [4.78, 5) is 12.2. The molecule has 0 bridgehead atoms. The molecule has 2 atom stereocenters. The smallest absolute Gasteiger partial charge is 0.325 e. The van der Waals surface area contributed by atoms with Crippen molar-refractivity contribution in [3.63, 3.8) is 0 Å². The van der Waals surface area contributed by atoms with Crippen molar-refractivity contribution in [2.75, 3.05) is 11.1 Å². The van der Waals surface area contributed by atoms with Gasteiger partial charge >= 0.3 is 6.18 Å². The van der Waals surface area contributed by atoms with E-state index < -0.39 is 17.6 Å². The van der Waals surface area contributed by atoms with Crippen LogP contribution in [0.1, 0.15) is 35.2 Å². The van der Waals surface area contributed by atoms with Crippen molar-refractivity contribution in [1.82, 2.24) is 14.8 Å². The third-order valence-corrected chi connectivity index (χ3v) is 6.04. The highest BCUT2D eigenvalue weighted by Gasteiger charge is 2.42. The van der Waals surface area contributed by atoms with Crippen LogP contribution in [0.5, 0.6) is 0 Å². The highest BCUT2D eigenvalue weighted by atomic mass is 32.2. The minimum absolute atomic E-state index is 0.0228. The molecule has 4 rings (SSSR count). The van der Waals surface area contributed by atoms with E-state index in [0.29, 0.717) is 17.0 Å². The van der Waals surface area contributed by atoms with E-state index in [1.807, 2.05) is 29.8 Å². The summed E-state index contributed by atoms with van der Waals surface area (Å²) in [6, 6.07) is 14.8. The number of benzene rings is 2. The molecule has 1 aromatic heterocycles. The van der Waals surface area contributed by atoms with E-state index in [0.717, 1.165) is 24.4 Å². The van der Waals surface area contributed by atoms with Crippen LogP contribution in [0.25, 0.3) is 0 Å². The summed E-state index contributed by atoms with van der Waals surface area (Å²) < 4.78 is 40.3. The fraction of sp³-hybridized carbons (Fsp3) is 0.286. The third-order valence-electron chi connectivity index (χ3n) is 5.02. The van der Waals surface area contributed by atoms with Gasteiger partial charge in [0.15, 0.2) is 5.16 Å². The van der Waals surface area contributed by atoms with Crippen LogP contribution >= 0.6 is 11.8 Å². The van der Waals surface area contributed by atoms with Gasteiger partial charge in [-0.25, -0.2) is 0 Å². The SMILES string of the molecule is Cn1c(SCC(=O)Nc2cccc(C(F)(F)F)c2)nnc1C1CC1c1ccccc1. The summed E-state index contributed by atoms with van der Waals surface area (Å²) >= 11 is 1.20. The average Bonchev–Trinajstić information content (AvgIpc) is 3.43. The number of aromatic nitrogens is 3. The van der Waals surface area contributed by atoms with Gasteiger partial charge in [-0.05, 0) is 36.1 Å². The molecule has 156 valence electrons. The molecule has 0 spiro atoms. The Labute approximate surface area is 175 Å². The summed E-state index contributed by atoms with van der Waals surface area (Å²) in [7, 11) is 1.86. The zero-order valence-electron chi connectivity index (χ0n) is 16.1. The molecule has 0 saturated heterocycles. The van der Waals surface area contributed by atoms with Crippen molar-refractivity contribution in [2.24, 2.45) is 7.05 Å².